The Hall–Kier alpha value is -0.0800. The van der Waals surface area contributed by atoms with Crippen LogP contribution in [0.2, 0.25) is 0 Å². The molecule has 0 saturated carbocycles. The maximum atomic E-state index is 6.04. The van der Waals surface area contributed by atoms with Crippen LogP contribution in [0.25, 0.3) is 0 Å². The molecule has 0 radical (unpaired) electrons. The van der Waals surface area contributed by atoms with E-state index < -0.39 is 0 Å². The molecule has 15 heavy (non-hydrogen) atoms. The maximum Gasteiger partial charge on any atom is 0.0644 e. The Kier molecular flexibility index (Phi) is 5.28. The van der Waals surface area contributed by atoms with Crippen LogP contribution in [-0.4, -0.2) is 17.7 Å². The third-order valence-corrected chi connectivity index (χ3v) is 2.23. The molecule has 0 rings (SSSR count). The van der Waals surface area contributed by atoms with E-state index in [9.17, 15) is 0 Å². The van der Waals surface area contributed by atoms with Gasteiger partial charge >= 0.3 is 0 Å². The Balaban J connectivity index is 4.10. The Labute approximate surface area is 95.6 Å². The van der Waals surface area contributed by atoms with E-state index in [0.29, 0.717) is 11.5 Å². The topological polar surface area (TPSA) is 35.2 Å². The van der Waals surface area contributed by atoms with Crippen molar-refractivity contribution in [3.05, 3.63) is 0 Å². The van der Waals surface area contributed by atoms with Crippen molar-refractivity contribution in [3.8, 4) is 0 Å². The van der Waals surface area contributed by atoms with Gasteiger partial charge in [0, 0.05) is 6.04 Å². The minimum absolute atomic E-state index is 0.112. The van der Waals surface area contributed by atoms with E-state index in [4.69, 9.17) is 10.5 Å². The molecule has 0 aromatic rings. The van der Waals surface area contributed by atoms with Crippen molar-refractivity contribution >= 4 is 0 Å². The van der Waals surface area contributed by atoms with Crippen molar-refractivity contribution in [2.24, 2.45) is 11.1 Å². The van der Waals surface area contributed by atoms with Gasteiger partial charge in [0.05, 0.1) is 11.7 Å². The highest BCUT2D eigenvalue weighted by Crippen LogP contribution is 2.26. The summed E-state index contributed by atoms with van der Waals surface area (Å²) in [5.74, 6) is 0. The van der Waals surface area contributed by atoms with Crippen LogP contribution in [0.4, 0.5) is 0 Å². The van der Waals surface area contributed by atoms with E-state index in [1.165, 1.54) is 0 Å². The summed E-state index contributed by atoms with van der Waals surface area (Å²) in [6, 6.07) is 0.196. The highest BCUT2D eigenvalue weighted by atomic mass is 16.5. The van der Waals surface area contributed by atoms with E-state index in [1.54, 1.807) is 0 Å². The van der Waals surface area contributed by atoms with Crippen LogP contribution < -0.4 is 5.73 Å². The highest BCUT2D eigenvalue weighted by Gasteiger charge is 2.25. The van der Waals surface area contributed by atoms with E-state index in [-0.39, 0.29) is 11.6 Å². The lowest BCUT2D eigenvalue weighted by Crippen LogP contribution is -2.36. The van der Waals surface area contributed by atoms with Crippen LogP contribution in [0.15, 0.2) is 0 Å². The third kappa shape index (κ3) is 8.88. The summed E-state index contributed by atoms with van der Waals surface area (Å²) in [7, 11) is 0. The van der Waals surface area contributed by atoms with Crippen molar-refractivity contribution in [2.45, 2.75) is 79.1 Å². The van der Waals surface area contributed by atoms with Crippen molar-refractivity contribution in [2.75, 3.05) is 0 Å². The predicted octanol–water partition coefficient (Wildman–Crippen LogP) is 3.34. The lowest BCUT2D eigenvalue weighted by Gasteiger charge is -2.33. The Morgan fingerprint density at radius 1 is 1.00 bits per heavy atom. The van der Waals surface area contributed by atoms with Crippen LogP contribution in [0.5, 0.6) is 0 Å². The van der Waals surface area contributed by atoms with Gasteiger partial charge in [0.1, 0.15) is 0 Å². The molecular weight excluding hydrogens is 186 g/mol. The van der Waals surface area contributed by atoms with Gasteiger partial charge in [-0.05, 0) is 46.0 Å². The average Bonchev–Trinajstić information content (AvgIpc) is 1.73. The molecular formula is C13H29NO. The second kappa shape index (κ2) is 5.31. The Bertz CT molecular complexity index is 179. The van der Waals surface area contributed by atoms with Gasteiger partial charge in [0.25, 0.3) is 0 Å². The number of hydrogen-bond acceptors (Lipinski definition) is 2. The second-order valence-corrected chi connectivity index (χ2v) is 6.63. The summed E-state index contributed by atoms with van der Waals surface area (Å²) >= 11 is 0. The molecule has 0 spiro atoms. The molecule has 2 nitrogen and oxygen atoms in total. The molecule has 0 aliphatic carbocycles. The SMILES string of the molecule is CC(N)CC(C)(C)OC(C)CC(C)(C)C. The van der Waals surface area contributed by atoms with Crippen molar-refractivity contribution in [1.82, 2.24) is 0 Å². The van der Waals surface area contributed by atoms with Crippen LogP contribution in [0.1, 0.15) is 61.3 Å². The standard InChI is InChI=1S/C13H29NO/c1-10(14)8-13(6,7)15-11(2)9-12(3,4)5/h10-11H,8-9,14H2,1-7H3. The van der Waals surface area contributed by atoms with Gasteiger partial charge in [0.2, 0.25) is 0 Å². The highest BCUT2D eigenvalue weighted by molar-refractivity contribution is 4.76. The Morgan fingerprint density at radius 2 is 1.47 bits per heavy atom. The fraction of sp³-hybridized carbons (Fsp3) is 1.00. The molecule has 0 aliphatic rings. The zero-order chi connectivity index (χ0) is 12.3. The summed E-state index contributed by atoms with van der Waals surface area (Å²) in [5.41, 5.74) is 6.01. The zero-order valence-electron chi connectivity index (χ0n) is 11.6. The van der Waals surface area contributed by atoms with Crippen LogP contribution >= 0.6 is 0 Å². The van der Waals surface area contributed by atoms with E-state index in [0.717, 1.165) is 12.8 Å². The molecule has 0 aliphatic heterocycles. The van der Waals surface area contributed by atoms with E-state index in [1.807, 2.05) is 6.92 Å². The summed E-state index contributed by atoms with van der Waals surface area (Å²) in [5, 5.41) is 0. The van der Waals surface area contributed by atoms with Crippen LogP contribution in [-0.2, 0) is 4.74 Å². The molecule has 0 bridgehead atoms. The van der Waals surface area contributed by atoms with Gasteiger partial charge in [-0.15, -0.1) is 0 Å². The molecule has 0 aromatic carbocycles. The minimum Gasteiger partial charge on any atom is -0.373 e. The molecule has 0 saturated heterocycles. The monoisotopic (exact) mass is 215 g/mol. The molecule has 2 atom stereocenters. The fourth-order valence-corrected chi connectivity index (χ4v) is 2.27. The first-order chi connectivity index (χ1) is 6.52. The quantitative estimate of drug-likeness (QED) is 0.763. The first-order valence-electron chi connectivity index (χ1n) is 5.95. The molecule has 2 unspecified atom stereocenters. The normalized spacial score (nSPS) is 17.6. The lowest BCUT2D eigenvalue weighted by atomic mass is 9.89. The Morgan fingerprint density at radius 3 is 1.80 bits per heavy atom. The van der Waals surface area contributed by atoms with Crippen LogP contribution in [0.3, 0.4) is 0 Å². The number of hydrogen-bond donors (Lipinski definition) is 1. The smallest absolute Gasteiger partial charge is 0.0644 e. The number of ether oxygens (including phenoxy) is 1. The zero-order valence-corrected chi connectivity index (χ0v) is 11.6. The molecule has 92 valence electrons. The van der Waals surface area contributed by atoms with Gasteiger partial charge in [-0.3, -0.25) is 0 Å². The molecule has 0 heterocycles. The third-order valence-electron chi connectivity index (χ3n) is 2.23. The van der Waals surface area contributed by atoms with Gasteiger partial charge < -0.3 is 10.5 Å². The summed E-state index contributed by atoms with van der Waals surface area (Å²) < 4.78 is 6.04. The lowest BCUT2D eigenvalue weighted by molar-refractivity contribution is -0.0827. The maximum absolute atomic E-state index is 6.04. The summed E-state index contributed by atoms with van der Waals surface area (Å²) in [6.45, 7) is 15.1. The van der Waals surface area contributed by atoms with E-state index in [2.05, 4.69) is 41.5 Å². The van der Waals surface area contributed by atoms with Crippen molar-refractivity contribution < 1.29 is 4.74 Å². The fourth-order valence-electron chi connectivity index (χ4n) is 2.27. The average molecular weight is 215 g/mol. The number of nitrogens with two attached hydrogens (primary N) is 1. The molecule has 0 aromatic heterocycles. The van der Waals surface area contributed by atoms with Crippen molar-refractivity contribution in [3.63, 3.8) is 0 Å². The first-order valence-corrected chi connectivity index (χ1v) is 5.95. The molecule has 2 N–H and O–H groups in total. The minimum atomic E-state index is -0.112. The summed E-state index contributed by atoms with van der Waals surface area (Å²) in [4.78, 5) is 0. The molecule has 0 amide bonds. The van der Waals surface area contributed by atoms with Gasteiger partial charge in [-0.25, -0.2) is 0 Å². The predicted molar refractivity (Wildman–Crippen MR) is 67.0 cm³/mol. The van der Waals surface area contributed by atoms with Gasteiger partial charge in [-0.2, -0.15) is 0 Å². The number of rotatable bonds is 5. The second-order valence-electron chi connectivity index (χ2n) is 6.63. The molecule has 0 fully saturated rings. The summed E-state index contributed by atoms with van der Waals surface area (Å²) in [6.07, 6.45) is 2.27. The van der Waals surface area contributed by atoms with E-state index >= 15 is 0 Å². The van der Waals surface area contributed by atoms with Crippen molar-refractivity contribution in [1.29, 1.82) is 0 Å². The largest absolute Gasteiger partial charge is 0.373 e. The van der Waals surface area contributed by atoms with Gasteiger partial charge in [0.15, 0.2) is 0 Å². The van der Waals surface area contributed by atoms with Crippen LogP contribution in [0, 0.1) is 5.41 Å². The first kappa shape index (κ1) is 14.9. The van der Waals surface area contributed by atoms with Gasteiger partial charge in [-0.1, -0.05) is 20.8 Å². The molecule has 2 heteroatoms.